The van der Waals surface area contributed by atoms with Gasteiger partial charge in [0, 0.05) is 41.7 Å². The summed E-state index contributed by atoms with van der Waals surface area (Å²) in [5, 5.41) is 9.05. The lowest BCUT2D eigenvalue weighted by Gasteiger charge is -2.25. The van der Waals surface area contributed by atoms with E-state index in [9.17, 15) is 13.2 Å². The highest BCUT2D eigenvalue weighted by Gasteiger charge is 2.43. The molecule has 4 aromatic rings. The molecule has 0 radical (unpaired) electrons. The van der Waals surface area contributed by atoms with Crippen LogP contribution in [0.3, 0.4) is 0 Å². The fourth-order valence-corrected chi connectivity index (χ4v) is 8.37. The van der Waals surface area contributed by atoms with Crippen LogP contribution in [0.4, 0.5) is 5.69 Å². The van der Waals surface area contributed by atoms with Crippen molar-refractivity contribution in [2.24, 2.45) is 0 Å². The summed E-state index contributed by atoms with van der Waals surface area (Å²) < 4.78 is 28.8. The van der Waals surface area contributed by atoms with Crippen molar-refractivity contribution >= 4 is 32.3 Å². The minimum absolute atomic E-state index is 0.0282. The van der Waals surface area contributed by atoms with E-state index in [1.54, 1.807) is 0 Å². The second kappa shape index (κ2) is 8.06. The number of nitrogens with zero attached hydrogens (tertiary/aromatic N) is 3. The molecule has 0 aliphatic carbocycles. The fraction of sp³-hybridized carbons (Fsp3) is 0.357. The van der Waals surface area contributed by atoms with Gasteiger partial charge < -0.3 is 9.88 Å². The number of rotatable bonds is 4. The van der Waals surface area contributed by atoms with Crippen molar-refractivity contribution in [3.8, 4) is 0 Å². The van der Waals surface area contributed by atoms with Gasteiger partial charge in [0.15, 0.2) is 9.84 Å². The van der Waals surface area contributed by atoms with Crippen LogP contribution < -0.4 is 5.32 Å². The quantitative estimate of drug-likeness (QED) is 0.445. The number of aryl methyl sites for hydroxylation is 1. The molecule has 2 aliphatic rings. The van der Waals surface area contributed by atoms with Gasteiger partial charge in [-0.3, -0.25) is 9.48 Å². The van der Waals surface area contributed by atoms with Gasteiger partial charge in [0.2, 0.25) is 5.91 Å². The summed E-state index contributed by atoms with van der Waals surface area (Å²) in [7, 11) is -3.09. The van der Waals surface area contributed by atoms with E-state index < -0.39 is 15.4 Å². The first-order valence-corrected chi connectivity index (χ1v) is 14.2. The zero-order valence-electron chi connectivity index (χ0n) is 20.8. The normalized spacial score (nSPS) is 23.1. The molecule has 2 aliphatic heterocycles. The molecule has 1 saturated heterocycles. The Hall–Kier alpha value is -3.39. The number of carbonyl (C=O) groups is 1. The highest BCUT2D eigenvalue weighted by molar-refractivity contribution is 7.91. The SMILES string of the molecule is Cc1nn([C@@]2(C)CCS(=O)(=O)C2)c(C)c1[C@@H]1CC(=O)Nc2cccc3c2c1cn3Cc1ccccc1. The first-order valence-electron chi connectivity index (χ1n) is 12.4. The molecule has 1 amide bonds. The van der Waals surface area contributed by atoms with E-state index in [-0.39, 0.29) is 23.3 Å². The van der Waals surface area contributed by atoms with Gasteiger partial charge in [0.25, 0.3) is 0 Å². The van der Waals surface area contributed by atoms with Crippen LogP contribution in [0.15, 0.2) is 54.7 Å². The van der Waals surface area contributed by atoms with Crippen molar-refractivity contribution in [2.75, 3.05) is 16.8 Å². The lowest BCUT2D eigenvalue weighted by atomic mass is 9.87. The number of hydrogen-bond acceptors (Lipinski definition) is 4. The molecule has 4 heterocycles. The van der Waals surface area contributed by atoms with Crippen molar-refractivity contribution < 1.29 is 13.2 Å². The number of anilines is 1. The predicted octanol–water partition coefficient (Wildman–Crippen LogP) is 4.51. The average Bonchev–Trinajstić information content (AvgIpc) is 3.41. The van der Waals surface area contributed by atoms with Gasteiger partial charge in [0.1, 0.15) is 0 Å². The molecule has 0 saturated carbocycles. The summed E-state index contributed by atoms with van der Waals surface area (Å²) in [6.07, 6.45) is 3.04. The third-order valence-electron chi connectivity index (χ3n) is 7.86. The summed E-state index contributed by atoms with van der Waals surface area (Å²) in [6, 6.07) is 16.4. The number of sulfone groups is 1. The summed E-state index contributed by atoms with van der Waals surface area (Å²) in [5.74, 6) is 0.0648. The van der Waals surface area contributed by atoms with Gasteiger partial charge in [-0.25, -0.2) is 8.42 Å². The number of aromatic nitrogens is 3. The van der Waals surface area contributed by atoms with Crippen molar-refractivity contribution in [2.45, 2.75) is 51.6 Å². The number of amides is 1. The smallest absolute Gasteiger partial charge is 0.225 e. The molecular formula is C28H30N4O3S. The molecule has 1 fully saturated rings. The van der Waals surface area contributed by atoms with Gasteiger partial charge >= 0.3 is 0 Å². The largest absolute Gasteiger partial charge is 0.343 e. The number of carbonyl (C=O) groups excluding carboxylic acids is 1. The molecule has 0 unspecified atom stereocenters. The highest BCUT2D eigenvalue weighted by Crippen LogP contribution is 2.44. The Morgan fingerprint density at radius 3 is 2.61 bits per heavy atom. The van der Waals surface area contributed by atoms with Crippen LogP contribution >= 0.6 is 0 Å². The van der Waals surface area contributed by atoms with E-state index in [0.717, 1.165) is 45.6 Å². The van der Waals surface area contributed by atoms with Crippen molar-refractivity contribution in [1.82, 2.24) is 14.3 Å². The van der Waals surface area contributed by atoms with Crippen molar-refractivity contribution in [3.63, 3.8) is 0 Å². The summed E-state index contributed by atoms with van der Waals surface area (Å²) in [6.45, 7) is 6.69. The minimum atomic E-state index is -3.09. The summed E-state index contributed by atoms with van der Waals surface area (Å²) in [5.41, 5.74) is 6.45. The maximum atomic E-state index is 13.1. The van der Waals surface area contributed by atoms with E-state index in [4.69, 9.17) is 5.10 Å². The Balaban J connectivity index is 1.52. The van der Waals surface area contributed by atoms with E-state index in [1.165, 1.54) is 5.56 Å². The molecule has 1 N–H and O–H groups in total. The van der Waals surface area contributed by atoms with Gasteiger partial charge in [-0.05, 0) is 50.5 Å². The monoisotopic (exact) mass is 502 g/mol. The van der Waals surface area contributed by atoms with Crippen molar-refractivity contribution in [3.05, 3.63) is 82.8 Å². The number of hydrogen-bond donors (Lipinski definition) is 1. The Kier molecular flexibility index (Phi) is 5.16. The van der Waals surface area contributed by atoms with Crippen molar-refractivity contribution in [1.29, 1.82) is 0 Å². The molecule has 2 atom stereocenters. The third-order valence-corrected chi connectivity index (χ3v) is 9.75. The molecule has 186 valence electrons. The topological polar surface area (TPSA) is 86.0 Å². The van der Waals surface area contributed by atoms with Crippen LogP contribution in [-0.2, 0) is 26.7 Å². The molecule has 0 spiro atoms. The van der Waals surface area contributed by atoms with Gasteiger partial charge in [0.05, 0.1) is 33.9 Å². The Morgan fingerprint density at radius 2 is 1.89 bits per heavy atom. The van der Waals surface area contributed by atoms with Gasteiger partial charge in [-0.1, -0.05) is 36.4 Å². The molecule has 6 rings (SSSR count). The maximum absolute atomic E-state index is 13.1. The number of benzene rings is 2. The summed E-state index contributed by atoms with van der Waals surface area (Å²) >= 11 is 0. The average molecular weight is 503 g/mol. The first-order chi connectivity index (χ1) is 17.2. The zero-order chi connectivity index (χ0) is 25.2. The Morgan fingerprint density at radius 1 is 1.11 bits per heavy atom. The second-order valence-electron chi connectivity index (χ2n) is 10.5. The lowest BCUT2D eigenvalue weighted by Crippen LogP contribution is -2.33. The lowest BCUT2D eigenvalue weighted by molar-refractivity contribution is -0.116. The second-order valence-corrected chi connectivity index (χ2v) is 12.7. The van der Waals surface area contributed by atoms with E-state index in [1.807, 2.05) is 55.8 Å². The highest BCUT2D eigenvalue weighted by atomic mass is 32.2. The van der Waals surface area contributed by atoms with Gasteiger partial charge in [-0.15, -0.1) is 0 Å². The van der Waals surface area contributed by atoms with Gasteiger partial charge in [-0.2, -0.15) is 5.10 Å². The van der Waals surface area contributed by atoms with Crippen LogP contribution in [0.25, 0.3) is 10.9 Å². The Labute approximate surface area is 211 Å². The van der Waals surface area contributed by atoms with Crippen LogP contribution in [0, 0.1) is 13.8 Å². The molecule has 7 nitrogen and oxygen atoms in total. The molecule has 36 heavy (non-hydrogen) atoms. The van der Waals surface area contributed by atoms with Crippen LogP contribution in [0.1, 0.15) is 53.8 Å². The molecule has 8 heteroatoms. The van der Waals surface area contributed by atoms with Crippen LogP contribution in [-0.4, -0.2) is 40.2 Å². The first kappa shape index (κ1) is 23.0. The predicted molar refractivity (Wildman–Crippen MR) is 141 cm³/mol. The minimum Gasteiger partial charge on any atom is -0.343 e. The Bertz CT molecular complexity index is 1620. The fourth-order valence-electron chi connectivity index (χ4n) is 6.26. The summed E-state index contributed by atoms with van der Waals surface area (Å²) in [4.78, 5) is 13.1. The molecular weight excluding hydrogens is 472 g/mol. The zero-order valence-corrected chi connectivity index (χ0v) is 21.6. The third kappa shape index (κ3) is 3.66. The maximum Gasteiger partial charge on any atom is 0.225 e. The molecule has 2 aromatic heterocycles. The molecule has 0 bridgehead atoms. The van der Waals surface area contributed by atoms with E-state index >= 15 is 0 Å². The van der Waals surface area contributed by atoms with Crippen LogP contribution in [0.2, 0.25) is 0 Å². The van der Waals surface area contributed by atoms with Crippen LogP contribution in [0.5, 0.6) is 0 Å². The van der Waals surface area contributed by atoms with E-state index in [2.05, 4.69) is 34.3 Å². The number of nitrogens with one attached hydrogen (secondary N) is 1. The van der Waals surface area contributed by atoms with E-state index in [0.29, 0.717) is 12.8 Å². The standard InChI is InChI=1S/C28H30N4O3S/c1-18-26(19(2)32(30-18)28(3)12-13-36(34,35)17-28)21-14-25(33)29-23-10-7-11-24-27(23)22(21)16-31(24)15-20-8-5-4-6-9-20/h4-11,16,21H,12-15,17H2,1-3H3,(H,29,33)/t21-,28+/m1/s1. The molecule has 2 aromatic carbocycles.